The zero-order valence-electron chi connectivity index (χ0n) is 16.8. The van der Waals surface area contributed by atoms with Crippen LogP contribution in [0.4, 0.5) is 0 Å². The molecule has 9 nitrogen and oxygen atoms in total. The van der Waals surface area contributed by atoms with E-state index in [-0.39, 0.29) is 18.2 Å². The lowest BCUT2D eigenvalue weighted by Crippen LogP contribution is -2.21. The van der Waals surface area contributed by atoms with Crippen molar-refractivity contribution in [2.75, 3.05) is 21.0 Å². The number of hydrogen-bond donors (Lipinski definition) is 2. The molecule has 156 valence electrons. The minimum Gasteiger partial charge on any atom is -0.497 e. The first-order valence-electron chi connectivity index (χ1n) is 9.42. The number of hydrogen-bond acceptors (Lipinski definition) is 8. The fourth-order valence-corrected chi connectivity index (χ4v) is 3.89. The number of benzene rings is 2. The van der Waals surface area contributed by atoms with E-state index in [0.29, 0.717) is 40.1 Å². The highest BCUT2D eigenvalue weighted by atomic mass is 16.7. The summed E-state index contributed by atoms with van der Waals surface area (Å²) < 4.78 is 27.5. The van der Waals surface area contributed by atoms with Gasteiger partial charge in [-0.25, -0.2) is 0 Å². The summed E-state index contributed by atoms with van der Waals surface area (Å²) in [6, 6.07) is 13.2. The van der Waals surface area contributed by atoms with E-state index < -0.39 is 5.92 Å². The Morgan fingerprint density at radius 1 is 1.13 bits per heavy atom. The molecule has 31 heavy (non-hydrogen) atoms. The van der Waals surface area contributed by atoms with Gasteiger partial charge in [-0.1, -0.05) is 6.07 Å². The molecule has 0 aliphatic carbocycles. The summed E-state index contributed by atoms with van der Waals surface area (Å²) in [5.74, 6) is 2.22. The van der Waals surface area contributed by atoms with Crippen LogP contribution in [0.15, 0.2) is 47.9 Å². The zero-order chi connectivity index (χ0) is 21.5. The molecule has 0 unspecified atom stereocenters. The monoisotopic (exact) mass is 418 g/mol. The van der Waals surface area contributed by atoms with Crippen molar-refractivity contribution in [1.29, 1.82) is 5.26 Å². The van der Waals surface area contributed by atoms with Crippen LogP contribution in [0.3, 0.4) is 0 Å². The Morgan fingerprint density at radius 2 is 1.97 bits per heavy atom. The van der Waals surface area contributed by atoms with Crippen molar-refractivity contribution in [3.8, 4) is 46.2 Å². The fourth-order valence-electron chi connectivity index (χ4n) is 3.89. The van der Waals surface area contributed by atoms with E-state index in [0.717, 1.165) is 11.1 Å². The molecule has 9 heteroatoms. The first-order chi connectivity index (χ1) is 15.1. The van der Waals surface area contributed by atoms with Crippen LogP contribution < -0.4 is 29.4 Å². The molecule has 5 rings (SSSR count). The van der Waals surface area contributed by atoms with Gasteiger partial charge in [0.15, 0.2) is 11.5 Å². The molecule has 0 bridgehead atoms. The van der Waals surface area contributed by atoms with Gasteiger partial charge in [0.1, 0.15) is 23.1 Å². The normalized spacial score (nSPS) is 16.4. The molecule has 0 amide bonds. The molecule has 1 atom stereocenters. The van der Waals surface area contributed by atoms with Gasteiger partial charge in [-0.05, 0) is 24.3 Å². The highest BCUT2D eigenvalue weighted by Gasteiger charge is 2.37. The van der Waals surface area contributed by atoms with E-state index in [1.807, 2.05) is 24.3 Å². The molecule has 3 aromatic rings. The Morgan fingerprint density at radius 3 is 2.74 bits per heavy atom. The fraction of sp³-hybridized carbons (Fsp3) is 0.182. The van der Waals surface area contributed by atoms with Crippen LogP contribution in [0.2, 0.25) is 0 Å². The molecule has 2 aliphatic rings. The Labute approximate surface area is 177 Å². The highest BCUT2D eigenvalue weighted by Crippen LogP contribution is 2.49. The van der Waals surface area contributed by atoms with E-state index >= 15 is 0 Å². The number of nitrogens with two attached hydrogens (primary N) is 1. The summed E-state index contributed by atoms with van der Waals surface area (Å²) >= 11 is 0. The number of nitrogens with one attached hydrogen (secondary N) is 1. The average Bonchev–Trinajstić information content (AvgIpc) is 3.43. The van der Waals surface area contributed by atoms with Crippen molar-refractivity contribution in [2.24, 2.45) is 5.73 Å². The van der Waals surface area contributed by atoms with Crippen molar-refractivity contribution in [1.82, 2.24) is 10.2 Å². The number of allylic oxidation sites excluding steroid dienone is 1. The predicted octanol–water partition coefficient (Wildman–Crippen LogP) is 3.04. The lowest BCUT2D eigenvalue weighted by atomic mass is 9.82. The Bertz CT molecular complexity index is 1260. The van der Waals surface area contributed by atoms with Gasteiger partial charge >= 0.3 is 0 Å². The second-order valence-corrected chi connectivity index (χ2v) is 6.92. The van der Waals surface area contributed by atoms with Crippen molar-refractivity contribution in [3.05, 3.63) is 59.0 Å². The molecule has 3 heterocycles. The number of rotatable bonds is 4. The van der Waals surface area contributed by atoms with Gasteiger partial charge in [-0.2, -0.15) is 5.26 Å². The maximum atomic E-state index is 9.91. The highest BCUT2D eigenvalue weighted by molar-refractivity contribution is 5.73. The van der Waals surface area contributed by atoms with Gasteiger partial charge in [0, 0.05) is 17.2 Å². The number of ether oxygens (including phenoxy) is 5. The molecule has 1 aromatic heterocycles. The summed E-state index contributed by atoms with van der Waals surface area (Å²) in [6.45, 7) is 0.173. The number of nitrogens with zero attached hydrogens (tertiary/aromatic N) is 2. The maximum Gasteiger partial charge on any atom is 0.244 e. The third-order valence-electron chi connectivity index (χ3n) is 5.35. The third-order valence-corrected chi connectivity index (χ3v) is 5.35. The predicted molar refractivity (Wildman–Crippen MR) is 109 cm³/mol. The van der Waals surface area contributed by atoms with Crippen LogP contribution in [0.25, 0.3) is 11.3 Å². The molecule has 0 saturated heterocycles. The summed E-state index contributed by atoms with van der Waals surface area (Å²) in [7, 11) is 3.14. The van der Waals surface area contributed by atoms with Crippen LogP contribution in [-0.2, 0) is 0 Å². The minimum atomic E-state index is -0.561. The molecule has 0 saturated carbocycles. The van der Waals surface area contributed by atoms with E-state index in [1.54, 1.807) is 26.4 Å². The molecule has 2 aliphatic heterocycles. The molecule has 0 spiro atoms. The Kier molecular flexibility index (Phi) is 4.33. The Balaban J connectivity index is 1.72. The summed E-state index contributed by atoms with van der Waals surface area (Å²) in [5.41, 5.74) is 9.23. The average molecular weight is 418 g/mol. The largest absolute Gasteiger partial charge is 0.497 e. The van der Waals surface area contributed by atoms with E-state index in [9.17, 15) is 5.26 Å². The maximum absolute atomic E-state index is 9.91. The SMILES string of the molecule is COc1ccc([C@H]2C(C#N)=C(N)Oc3n[nH]c(-c4ccc5c(c4)OCO5)c32)c(OC)c1. The van der Waals surface area contributed by atoms with Crippen molar-refractivity contribution < 1.29 is 23.7 Å². The van der Waals surface area contributed by atoms with Gasteiger partial charge in [-0.15, -0.1) is 5.10 Å². The smallest absolute Gasteiger partial charge is 0.244 e. The molecule has 0 radical (unpaired) electrons. The van der Waals surface area contributed by atoms with Gasteiger partial charge < -0.3 is 29.4 Å². The van der Waals surface area contributed by atoms with Gasteiger partial charge in [0.05, 0.1) is 31.4 Å². The minimum absolute atomic E-state index is 0.00149. The molecular formula is C22H18N4O5. The standard InChI is InChI=1S/C22H18N4O5/c1-27-12-4-5-13(16(8-12)28-2)18-14(9-23)21(24)31-22-19(18)20(25-26-22)11-3-6-15-17(7-11)30-10-29-15/h3-8,18H,10,24H2,1-2H3,(H,25,26)/t18-/m0/s1. The summed E-state index contributed by atoms with van der Waals surface area (Å²) in [4.78, 5) is 0. The summed E-state index contributed by atoms with van der Waals surface area (Å²) in [5, 5.41) is 17.2. The van der Waals surface area contributed by atoms with Crippen LogP contribution >= 0.6 is 0 Å². The third kappa shape index (κ3) is 2.88. The van der Waals surface area contributed by atoms with Crippen LogP contribution in [0.5, 0.6) is 28.9 Å². The van der Waals surface area contributed by atoms with Crippen molar-refractivity contribution in [3.63, 3.8) is 0 Å². The van der Waals surface area contributed by atoms with Crippen molar-refractivity contribution in [2.45, 2.75) is 5.92 Å². The topological polar surface area (TPSA) is 125 Å². The second kappa shape index (κ2) is 7.18. The van der Waals surface area contributed by atoms with E-state index in [4.69, 9.17) is 29.4 Å². The van der Waals surface area contributed by atoms with Gasteiger partial charge in [0.25, 0.3) is 0 Å². The lowest BCUT2D eigenvalue weighted by molar-refractivity contribution is 0.174. The van der Waals surface area contributed by atoms with E-state index in [2.05, 4.69) is 16.3 Å². The number of nitriles is 1. The molecule has 3 N–H and O–H groups in total. The van der Waals surface area contributed by atoms with E-state index in [1.165, 1.54) is 0 Å². The van der Waals surface area contributed by atoms with Crippen molar-refractivity contribution >= 4 is 0 Å². The van der Waals surface area contributed by atoms with Crippen LogP contribution in [-0.4, -0.2) is 31.2 Å². The number of fused-ring (bicyclic) bond motifs is 2. The molecule has 0 fully saturated rings. The molecular weight excluding hydrogens is 400 g/mol. The lowest BCUT2D eigenvalue weighted by Gasteiger charge is -2.25. The Hall–Kier alpha value is -4.32. The van der Waals surface area contributed by atoms with Gasteiger partial charge in [-0.3, -0.25) is 5.10 Å². The number of aromatic amines is 1. The summed E-state index contributed by atoms with van der Waals surface area (Å²) in [6.07, 6.45) is 0. The second-order valence-electron chi connectivity index (χ2n) is 6.92. The first-order valence-corrected chi connectivity index (χ1v) is 9.42. The quantitative estimate of drug-likeness (QED) is 0.662. The van der Waals surface area contributed by atoms with Gasteiger partial charge in [0.2, 0.25) is 18.6 Å². The number of aromatic nitrogens is 2. The first kappa shape index (κ1) is 18.7. The zero-order valence-corrected chi connectivity index (χ0v) is 16.8. The van der Waals surface area contributed by atoms with Crippen LogP contribution in [0.1, 0.15) is 17.0 Å². The number of H-pyrrole nitrogens is 1. The number of methoxy groups -OCH3 is 2. The molecule has 2 aromatic carbocycles. The van der Waals surface area contributed by atoms with Crippen LogP contribution in [0, 0.1) is 11.3 Å².